The molecule has 0 aliphatic rings. The fourth-order valence-corrected chi connectivity index (χ4v) is 1.69. The molecule has 0 unspecified atom stereocenters. The molecule has 0 amide bonds. The smallest absolute Gasteiger partial charge is 0.161 e. The zero-order valence-corrected chi connectivity index (χ0v) is 11.3. The van der Waals surface area contributed by atoms with Gasteiger partial charge in [0, 0.05) is 11.1 Å². The fourth-order valence-electron chi connectivity index (χ4n) is 1.69. The lowest BCUT2D eigenvalue weighted by Gasteiger charge is -2.06. The van der Waals surface area contributed by atoms with Crippen LogP contribution in [0.1, 0.15) is 16.7 Å². The highest BCUT2D eigenvalue weighted by molar-refractivity contribution is 5.50. The summed E-state index contributed by atoms with van der Waals surface area (Å²) in [6.07, 6.45) is 0. The molecule has 0 fully saturated rings. The number of hydrogen-bond donors (Lipinski definition) is 0. The number of nitrogens with zero attached hydrogens (tertiary/aromatic N) is 1. The van der Waals surface area contributed by atoms with Crippen molar-refractivity contribution in [1.29, 1.82) is 5.26 Å². The second-order valence-electron chi connectivity index (χ2n) is 4.01. The topological polar surface area (TPSA) is 42.2 Å². The minimum Gasteiger partial charge on any atom is -0.493 e. The Balaban J connectivity index is 2.26. The highest BCUT2D eigenvalue weighted by Gasteiger charge is 2.02. The largest absolute Gasteiger partial charge is 0.493 e. The van der Waals surface area contributed by atoms with Crippen molar-refractivity contribution in [3.8, 4) is 29.4 Å². The Hall–Kier alpha value is -2.91. The van der Waals surface area contributed by atoms with Crippen LogP contribution in [0.15, 0.2) is 42.5 Å². The quantitative estimate of drug-likeness (QED) is 0.782. The Kier molecular flexibility index (Phi) is 4.27. The van der Waals surface area contributed by atoms with Crippen molar-refractivity contribution < 1.29 is 9.47 Å². The maximum absolute atomic E-state index is 8.73. The molecule has 3 nitrogen and oxygen atoms in total. The third kappa shape index (κ3) is 3.10. The van der Waals surface area contributed by atoms with Gasteiger partial charge in [-0.3, -0.25) is 0 Å². The van der Waals surface area contributed by atoms with Gasteiger partial charge in [-0.25, -0.2) is 0 Å². The number of nitriles is 1. The molecule has 0 aromatic heterocycles. The number of benzene rings is 2. The van der Waals surface area contributed by atoms with E-state index in [4.69, 9.17) is 14.7 Å². The summed E-state index contributed by atoms with van der Waals surface area (Å²) < 4.78 is 10.4. The van der Waals surface area contributed by atoms with Crippen molar-refractivity contribution in [2.75, 3.05) is 14.2 Å². The zero-order valence-electron chi connectivity index (χ0n) is 11.3. The van der Waals surface area contributed by atoms with Crippen LogP contribution in [0.2, 0.25) is 0 Å². The summed E-state index contributed by atoms with van der Waals surface area (Å²) in [5, 5.41) is 8.73. The van der Waals surface area contributed by atoms with Crippen molar-refractivity contribution >= 4 is 0 Å². The molecule has 0 N–H and O–H groups in total. The molecule has 0 bridgehead atoms. The van der Waals surface area contributed by atoms with Gasteiger partial charge in [-0.15, -0.1) is 0 Å². The number of rotatable bonds is 2. The maximum Gasteiger partial charge on any atom is 0.161 e. The third-order valence-corrected chi connectivity index (χ3v) is 2.75. The first-order valence-electron chi connectivity index (χ1n) is 6.01. The molecule has 2 aromatic carbocycles. The molecule has 0 radical (unpaired) electrons. The summed E-state index contributed by atoms with van der Waals surface area (Å²) in [4.78, 5) is 0. The molecule has 20 heavy (non-hydrogen) atoms. The van der Waals surface area contributed by atoms with Crippen molar-refractivity contribution in [3.05, 3.63) is 59.2 Å². The fraction of sp³-hybridized carbons (Fsp3) is 0.118. The van der Waals surface area contributed by atoms with E-state index in [2.05, 4.69) is 17.9 Å². The Bertz CT molecular complexity index is 700. The van der Waals surface area contributed by atoms with Gasteiger partial charge in [-0.1, -0.05) is 11.8 Å². The average molecular weight is 263 g/mol. The predicted octanol–water partition coefficient (Wildman–Crippen LogP) is 2.98. The van der Waals surface area contributed by atoms with Crippen molar-refractivity contribution in [2.45, 2.75) is 0 Å². The lowest BCUT2D eigenvalue weighted by atomic mass is 10.1. The van der Waals surface area contributed by atoms with Crippen LogP contribution in [0.3, 0.4) is 0 Å². The molecular formula is C17H13NO2. The predicted molar refractivity (Wildman–Crippen MR) is 76.7 cm³/mol. The summed E-state index contributed by atoms with van der Waals surface area (Å²) >= 11 is 0. The monoisotopic (exact) mass is 263 g/mol. The highest BCUT2D eigenvalue weighted by Crippen LogP contribution is 2.27. The number of ether oxygens (including phenoxy) is 2. The van der Waals surface area contributed by atoms with Gasteiger partial charge in [0.25, 0.3) is 0 Å². The van der Waals surface area contributed by atoms with Gasteiger partial charge in [0.2, 0.25) is 0 Å². The molecule has 2 aromatic rings. The van der Waals surface area contributed by atoms with Crippen LogP contribution in [0.25, 0.3) is 0 Å². The van der Waals surface area contributed by atoms with Gasteiger partial charge in [0.05, 0.1) is 25.9 Å². The van der Waals surface area contributed by atoms with Gasteiger partial charge in [-0.05, 0) is 42.5 Å². The van der Waals surface area contributed by atoms with Crippen LogP contribution < -0.4 is 9.47 Å². The second kappa shape index (κ2) is 6.31. The van der Waals surface area contributed by atoms with Crippen molar-refractivity contribution in [2.24, 2.45) is 0 Å². The molecule has 0 aliphatic carbocycles. The Morgan fingerprint density at radius 2 is 1.30 bits per heavy atom. The van der Waals surface area contributed by atoms with Gasteiger partial charge in [0.15, 0.2) is 11.5 Å². The summed E-state index contributed by atoms with van der Waals surface area (Å²) in [5.41, 5.74) is 2.33. The van der Waals surface area contributed by atoms with Crippen LogP contribution in [-0.2, 0) is 0 Å². The van der Waals surface area contributed by atoms with E-state index in [0.29, 0.717) is 17.1 Å². The van der Waals surface area contributed by atoms with E-state index < -0.39 is 0 Å². The van der Waals surface area contributed by atoms with E-state index in [1.54, 1.807) is 26.4 Å². The van der Waals surface area contributed by atoms with E-state index >= 15 is 0 Å². The molecule has 0 atom stereocenters. The lowest BCUT2D eigenvalue weighted by molar-refractivity contribution is 0.355. The second-order valence-corrected chi connectivity index (χ2v) is 4.01. The molecule has 0 saturated carbocycles. The van der Waals surface area contributed by atoms with Gasteiger partial charge in [0.1, 0.15) is 0 Å². The van der Waals surface area contributed by atoms with E-state index in [9.17, 15) is 0 Å². The van der Waals surface area contributed by atoms with Gasteiger partial charge in [-0.2, -0.15) is 5.26 Å². The van der Waals surface area contributed by atoms with Gasteiger partial charge < -0.3 is 9.47 Å². The third-order valence-electron chi connectivity index (χ3n) is 2.75. The normalized spacial score (nSPS) is 9.05. The molecule has 0 heterocycles. The van der Waals surface area contributed by atoms with Crippen molar-refractivity contribution in [3.63, 3.8) is 0 Å². The Labute approximate surface area is 118 Å². The highest BCUT2D eigenvalue weighted by atomic mass is 16.5. The van der Waals surface area contributed by atoms with E-state index in [-0.39, 0.29) is 0 Å². The number of hydrogen-bond acceptors (Lipinski definition) is 3. The van der Waals surface area contributed by atoms with E-state index in [1.807, 2.05) is 30.3 Å². The summed E-state index contributed by atoms with van der Waals surface area (Å²) in [7, 11) is 3.19. The first kappa shape index (κ1) is 13.5. The van der Waals surface area contributed by atoms with E-state index in [1.165, 1.54) is 0 Å². The SMILES string of the molecule is COc1ccc(C#Cc2ccc(C#N)cc2)cc1OC. The molecule has 0 spiro atoms. The van der Waals surface area contributed by atoms with Crippen molar-refractivity contribution in [1.82, 2.24) is 0 Å². The summed E-state index contributed by atoms with van der Waals surface area (Å²) in [5.74, 6) is 7.43. The minimum atomic E-state index is 0.627. The lowest BCUT2D eigenvalue weighted by Crippen LogP contribution is -1.90. The Morgan fingerprint density at radius 1 is 0.750 bits per heavy atom. The van der Waals surface area contributed by atoms with E-state index in [0.717, 1.165) is 11.1 Å². The Morgan fingerprint density at radius 3 is 1.90 bits per heavy atom. The molecule has 3 heteroatoms. The van der Waals surface area contributed by atoms with Crippen LogP contribution in [0.4, 0.5) is 0 Å². The standard InChI is InChI=1S/C17H13NO2/c1-19-16-10-9-14(11-17(16)20-2)6-3-13-4-7-15(12-18)8-5-13/h4-5,7-11H,1-2H3. The van der Waals surface area contributed by atoms with Crippen LogP contribution >= 0.6 is 0 Å². The van der Waals surface area contributed by atoms with Crippen LogP contribution in [0, 0.1) is 23.2 Å². The average Bonchev–Trinajstić information content (AvgIpc) is 2.53. The van der Waals surface area contributed by atoms with Gasteiger partial charge >= 0.3 is 0 Å². The molecule has 98 valence electrons. The van der Waals surface area contributed by atoms with Crippen LogP contribution in [-0.4, -0.2) is 14.2 Å². The summed E-state index contributed by atoms with van der Waals surface area (Å²) in [6, 6.07) is 14.7. The molecule has 0 aliphatic heterocycles. The summed E-state index contributed by atoms with van der Waals surface area (Å²) in [6.45, 7) is 0. The first-order chi connectivity index (χ1) is 9.76. The number of methoxy groups -OCH3 is 2. The molecule has 2 rings (SSSR count). The van der Waals surface area contributed by atoms with Crippen LogP contribution in [0.5, 0.6) is 11.5 Å². The first-order valence-corrected chi connectivity index (χ1v) is 6.01. The maximum atomic E-state index is 8.73. The zero-order chi connectivity index (χ0) is 14.4. The minimum absolute atomic E-state index is 0.627. The molecular weight excluding hydrogens is 250 g/mol. The molecule has 0 saturated heterocycles.